The summed E-state index contributed by atoms with van der Waals surface area (Å²) < 4.78 is 17.9. The van der Waals surface area contributed by atoms with E-state index >= 15 is 0 Å². The first-order valence-corrected chi connectivity index (χ1v) is 4.87. The lowest BCUT2D eigenvalue weighted by Crippen LogP contribution is -2.25. The maximum Gasteiger partial charge on any atom is 0.126 e. The fraction of sp³-hybridized carbons (Fsp3) is 0.455. The molecular formula is C11H16FNO2. The molecular weight excluding hydrogens is 197 g/mol. The average Bonchev–Trinajstić information content (AvgIpc) is 2.26. The molecule has 3 nitrogen and oxygen atoms in total. The van der Waals surface area contributed by atoms with E-state index in [9.17, 15) is 9.50 Å². The summed E-state index contributed by atoms with van der Waals surface area (Å²) in [5.74, 6) is -0.0104. The Bertz CT molecular complexity index is 330. The molecule has 2 atom stereocenters. The van der Waals surface area contributed by atoms with E-state index in [1.807, 2.05) is 6.92 Å². The smallest absolute Gasteiger partial charge is 0.126 e. The second-order valence-corrected chi connectivity index (χ2v) is 3.39. The first kappa shape index (κ1) is 11.9. The van der Waals surface area contributed by atoms with Crippen LogP contribution in [0.4, 0.5) is 4.39 Å². The van der Waals surface area contributed by atoms with Crippen LogP contribution >= 0.6 is 0 Å². The highest BCUT2D eigenvalue weighted by molar-refractivity contribution is 5.36. The Kier molecular flexibility index (Phi) is 4.05. The second-order valence-electron chi connectivity index (χ2n) is 3.39. The van der Waals surface area contributed by atoms with E-state index < -0.39 is 12.1 Å². The first-order valence-electron chi connectivity index (χ1n) is 4.87. The van der Waals surface area contributed by atoms with Gasteiger partial charge in [-0.25, -0.2) is 4.39 Å². The molecule has 0 unspecified atom stereocenters. The zero-order chi connectivity index (χ0) is 11.4. The highest BCUT2D eigenvalue weighted by Crippen LogP contribution is 2.27. The molecule has 0 fully saturated rings. The summed E-state index contributed by atoms with van der Waals surface area (Å²) in [6, 6.07) is 3.56. The van der Waals surface area contributed by atoms with Gasteiger partial charge in [0, 0.05) is 11.6 Å². The highest BCUT2D eigenvalue weighted by atomic mass is 19.1. The molecule has 4 heteroatoms. The highest BCUT2D eigenvalue weighted by Gasteiger charge is 2.19. The summed E-state index contributed by atoms with van der Waals surface area (Å²) in [7, 11) is 1.45. The van der Waals surface area contributed by atoms with Crippen LogP contribution in [-0.4, -0.2) is 18.3 Å². The average molecular weight is 213 g/mol. The summed E-state index contributed by atoms with van der Waals surface area (Å²) in [6.45, 7) is 1.83. The Hall–Kier alpha value is -1.13. The van der Waals surface area contributed by atoms with Gasteiger partial charge in [0.15, 0.2) is 0 Å². The van der Waals surface area contributed by atoms with Crippen LogP contribution in [0.5, 0.6) is 5.75 Å². The van der Waals surface area contributed by atoms with Crippen molar-refractivity contribution in [3.05, 3.63) is 29.6 Å². The van der Waals surface area contributed by atoms with Crippen molar-refractivity contribution in [2.75, 3.05) is 7.11 Å². The van der Waals surface area contributed by atoms with Crippen LogP contribution in [0.1, 0.15) is 24.9 Å². The number of aliphatic hydroxyl groups is 1. The maximum atomic E-state index is 12.9. The van der Waals surface area contributed by atoms with E-state index in [0.717, 1.165) is 0 Å². The Morgan fingerprint density at radius 3 is 2.73 bits per heavy atom. The van der Waals surface area contributed by atoms with Crippen molar-refractivity contribution in [3.8, 4) is 5.75 Å². The number of nitrogens with two attached hydrogens (primary N) is 1. The molecule has 1 rings (SSSR count). The van der Waals surface area contributed by atoms with Crippen LogP contribution in [-0.2, 0) is 0 Å². The van der Waals surface area contributed by atoms with Gasteiger partial charge in [-0.3, -0.25) is 0 Å². The van der Waals surface area contributed by atoms with Gasteiger partial charge in [-0.2, -0.15) is 0 Å². The SMILES string of the molecule is CC[C@H](O)[C@H](N)c1ccc(F)cc1OC. The molecule has 1 aromatic rings. The molecule has 0 aromatic heterocycles. The summed E-state index contributed by atoms with van der Waals surface area (Å²) >= 11 is 0. The quantitative estimate of drug-likeness (QED) is 0.798. The van der Waals surface area contributed by atoms with Crippen LogP contribution < -0.4 is 10.5 Å². The van der Waals surface area contributed by atoms with Gasteiger partial charge in [0.2, 0.25) is 0 Å². The molecule has 1 aromatic carbocycles. The van der Waals surface area contributed by atoms with Gasteiger partial charge < -0.3 is 15.6 Å². The number of hydrogen-bond acceptors (Lipinski definition) is 3. The lowest BCUT2D eigenvalue weighted by atomic mass is 10.00. The third kappa shape index (κ3) is 2.67. The number of ether oxygens (including phenoxy) is 1. The number of halogens is 1. The minimum atomic E-state index is -0.649. The number of aliphatic hydroxyl groups excluding tert-OH is 1. The second kappa shape index (κ2) is 5.09. The molecule has 0 radical (unpaired) electrons. The largest absolute Gasteiger partial charge is 0.496 e. The van der Waals surface area contributed by atoms with Crippen molar-refractivity contribution >= 4 is 0 Å². The molecule has 0 aliphatic carbocycles. The first-order chi connectivity index (χ1) is 7.10. The van der Waals surface area contributed by atoms with Gasteiger partial charge in [-0.1, -0.05) is 13.0 Å². The summed E-state index contributed by atoms with van der Waals surface area (Å²) in [4.78, 5) is 0. The Labute approximate surface area is 88.7 Å². The van der Waals surface area contributed by atoms with Crippen LogP contribution in [0.2, 0.25) is 0 Å². The number of hydrogen-bond donors (Lipinski definition) is 2. The lowest BCUT2D eigenvalue weighted by molar-refractivity contribution is 0.139. The lowest BCUT2D eigenvalue weighted by Gasteiger charge is -2.19. The molecule has 0 spiro atoms. The van der Waals surface area contributed by atoms with E-state index in [1.165, 1.54) is 25.3 Å². The maximum absolute atomic E-state index is 12.9. The molecule has 0 amide bonds. The van der Waals surface area contributed by atoms with Crippen LogP contribution in [0, 0.1) is 5.82 Å². The Morgan fingerprint density at radius 2 is 2.20 bits per heavy atom. The molecule has 3 N–H and O–H groups in total. The van der Waals surface area contributed by atoms with E-state index in [1.54, 1.807) is 0 Å². The van der Waals surface area contributed by atoms with Gasteiger partial charge in [0.1, 0.15) is 11.6 Å². The van der Waals surface area contributed by atoms with Gasteiger partial charge in [-0.15, -0.1) is 0 Å². The van der Waals surface area contributed by atoms with Crippen molar-refractivity contribution in [3.63, 3.8) is 0 Å². The van der Waals surface area contributed by atoms with E-state index in [0.29, 0.717) is 17.7 Å². The topological polar surface area (TPSA) is 55.5 Å². The predicted molar refractivity (Wildman–Crippen MR) is 56.2 cm³/mol. The fourth-order valence-electron chi connectivity index (χ4n) is 1.42. The number of benzene rings is 1. The Balaban J connectivity index is 3.02. The molecule has 0 aliphatic rings. The van der Waals surface area contributed by atoms with Gasteiger partial charge in [0.25, 0.3) is 0 Å². The normalized spacial score (nSPS) is 14.7. The fourth-order valence-corrected chi connectivity index (χ4v) is 1.42. The van der Waals surface area contributed by atoms with Crippen molar-refractivity contribution in [2.24, 2.45) is 5.73 Å². The molecule has 0 heterocycles. The van der Waals surface area contributed by atoms with Crippen LogP contribution in [0.3, 0.4) is 0 Å². The number of methoxy groups -OCH3 is 1. The molecule has 0 aliphatic heterocycles. The minimum absolute atomic E-state index is 0.370. The van der Waals surface area contributed by atoms with Crippen molar-refractivity contribution in [1.82, 2.24) is 0 Å². The predicted octanol–water partition coefficient (Wildman–Crippen LogP) is 1.61. The van der Waals surface area contributed by atoms with Crippen molar-refractivity contribution in [2.45, 2.75) is 25.5 Å². The van der Waals surface area contributed by atoms with Crippen LogP contribution in [0.25, 0.3) is 0 Å². The molecule has 0 bridgehead atoms. The molecule has 0 saturated heterocycles. The van der Waals surface area contributed by atoms with Gasteiger partial charge >= 0.3 is 0 Å². The summed E-state index contributed by atoms with van der Waals surface area (Å²) in [5, 5.41) is 9.59. The molecule has 15 heavy (non-hydrogen) atoms. The van der Waals surface area contributed by atoms with E-state index in [4.69, 9.17) is 10.5 Å². The zero-order valence-electron chi connectivity index (χ0n) is 8.90. The number of rotatable bonds is 4. The third-order valence-corrected chi connectivity index (χ3v) is 2.39. The monoisotopic (exact) mass is 213 g/mol. The Morgan fingerprint density at radius 1 is 1.53 bits per heavy atom. The summed E-state index contributed by atoms with van der Waals surface area (Å²) in [6.07, 6.45) is -0.105. The van der Waals surface area contributed by atoms with E-state index in [-0.39, 0.29) is 5.82 Å². The van der Waals surface area contributed by atoms with Crippen molar-refractivity contribution in [1.29, 1.82) is 0 Å². The van der Waals surface area contributed by atoms with Gasteiger partial charge in [0.05, 0.1) is 19.3 Å². The molecule has 84 valence electrons. The summed E-state index contributed by atoms with van der Waals surface area (Å²) in [5.41, 5.74) is 6.44. The molecule has 0 saturated carbocycles. The zero-order valence-corrected chi connectivity index (χ0v) is 8.90. The van der Waals surface area contributed by atoms with Gasteiger partial charge in [-0.05, 0) is 12.5 Å². The standard InChI is InChI=1S/C11H16FNO2/c1-3-9(14)11(13)8-5-4-7(12)6-10(8)15-2/h4-6,9,11,14H,3,13H2,1-2H3/t9-,11+/m0/s1. The van der Waals surface area contributed by atoms with Crippen LogP contribution in [0.15, 0.2) is 18.2 Å². The van der Waals surface area contributed by atoms with E-state index in [2.05, 4.69) is 0 Å². The third-order valence-electron chi connectivity index (χ3n) is 2.39. The van der Waals surface area contributed by atoms with Crippen molar-refractivity contribution < 1.29 is 14.2 Å². The minimum Gasteiger partial charge on any atom is -0.496 e.